The molecule has 1 heterocycles. The number of Topliss-reactive ketones (excluding diaryl/α,β-unsaturated/α-hetero) is 1. The summed E-state index contributed by atoms with van der Waals surface area (Å²) in [5.41, 5.74) is 7.12. The fraction of sp³-hybridized carbons (Fsp3) is 0.440. The minimum absolute atomic E-state index is 0.0311. The van der Waals surface area contributed by atoms with Crippen molar-refractivity contribution in [1.82, 2.24) is 4.90 Å². The summed E-state index contributed by atoms with van der Waals surface area (Å²) in [6.07, 6.45) is 2.95. The lowest BCUT2D eigenvalue weighted by Gasteiger charge is -2.43. The maximum atomic E-state index is 13.1. The number of ketones is 1. The van der Waals surface area contributed by atoms with Crippen molar-refractivity contribution in [1.29, 1.82) is 0 Å². The van der Waals surface area contributed by atoms with Crippen LogP contribution in [0.4, 0.5) is 5.69 Å². The zero-order valence-corrected chi connectivity index (χ0v) is 19.2. The molecule has 9 nitrogen and oxygen atoms in total. The number of aliphatic hydroxyl groups is 3. The molecular formula is C25H29N3O6. The largest absolute Gasteiger partial charge is 0.507 e. The van der Waals surface area contributed by atoms with Crippen LogP contribution in [0.3, 0.4) is 0 Å². The van der Waals surface area contributed by atoms with Gasteiger partial charge in [-0.3, -0.25) is 14.5 Å². The number of phenols is 1. The van der Waals surface area contributed by atoms with E-state index in [0.717, 1.165) is 37.2 Å². The van der Waals surface area contributed by atoms with Crippen LogP contribution < -0.4 is 10.6 Å². The fourth-order valence-electron chi connectivity index (χ4n) is 6.27. The molecular weight excluding hydrogens is 438 g/mol. The minimum Gasteiger partial charge on any atom is -0.507 e. The van der Waals surface area contributed by atoms with Crippen molar-refractivity contribution >= 4 is 23.1 Å². The van der Waals surface area contributed by atoms with Gasteiger partial charge in [0.15, 0.2) is 5.78 Å². The van der Waals surface area contributed by atoms with E-state index in [1.165, 1.54) is 0 Å². The molecule has 1 fully saturated rings. The lowest BCUT2D eigenvalue weighted by molar-refractivity contribution is -0.125. The number of amides is 1. The third-order valence-electron chi connectivity index (χ3n) is 7.67. The van der Waals surface area contributed by atoms with Gasteiger partial charge in [0.1, 0.15) is 28.6 Å². The molecule has 3 atom stereocenters. The Morgan fingerprint density at radius 3 is 2.32 bits per heavy atom. The Morgan fingerprint density at radius 1 is 1.03 bits per heavy atom. The summed E-state index contributed by atoms with van der Waals surface area (Å²) in [6, 6.07) is 2.61. The number of rotatable bonds is 3. The molecule has 6 N–H and O–H groups in total. The van der Waals surface area contributed by atoms with Crippen LogP contribution in [0.15, 0.2) is 40.4 Å². The van der Waals surface area contributed by atoms with E-state index in [0.29, 0.717) is 12.8 Å². The number of nitrogens with zero attached hydrogens (tertiary/aromatic N) is 2. The number of carbonyl (C=O) groups is 2. The number of hydrogen-bond acceptors (Lipinski definition) is 8. The first-order valence-corrected chi connectivity index (χ1v) is 11.5. The minimum atomic E-state index is -1.07. The molecule has 180 valence electrons. The molecule has 3 aliphatic carbocycles. The zero-order chi connectivity index (χ0) is 24.5. The van der Waals surface area contributed by atoms with Crippen molar-refractivity contribution in [3.8, 4) is 5.75 Å². The summed E-state index contributed by atoms with van der Waals surface area (Å²) >= 11 is 0. The molecule has 1 aromatic carbocycles. The smallest absolute Gasteiger partial charge is 0.256 e. The number of allylic oxidation sites excluding steroid dienone is 2. The highest BCUT2D eigenvalue weighted by molar-refractivity contribution is 6.22. The molecule has 0 aromatic heterocycles. The SMILES string of the molecule is CN(C)C1C(=O)C(C(N)=O)=C(O)C2=C(O)C3=C(O)c4c(O)ccc(N5CCCC5)c4CC3CC21. The quantitative estimate of drug-likeness (QED) is 0.425. The first-order chi connectivity index (χ1) is 16.1. The van der Waals surface area contributed by atoms with Crippen LogP contribution in [0.25, 0.3) is 5.76 Å². The number of anilines is 1. The first kappa shape index (κ1) is 22.3. The molecule has 1 aromatic rings. The number of fused-ring (bicyclic) bond motifs is 3. The molecule has 1 saturated heterocycles. The van der Waals surface area contributed by atoms with E-state index in [2.05, 4.69) is 4.90 Å². The number of likely N-dealkylation sites (N-methyl/N-ethyl adjacent to an activating group) is 1. The highest BCUT2D eigenvalue weighted by Gasteiger charge is 2.50. The number of phenolic OH excluding ortho intramolecular Hbond substituents is 1. The molecule has 4 aliphatic rings. The fourth-order valence-corrected chi connectivity index (χ4v) is 6.27. The molecule has 1 aliphatic heterocycles. The second-order valence-electron chi connectivity index (χ2n) is 9.78. The van der Waals surface area contributed by atoms with Gasteiger partial charge in [-0.05, 0) is 63.4 Å². The van der Waals surface area contributed by atoms with E-state index in [1.54, 1.807) is 25.1 Å². The Balaban J connectivity index is 1.74. The van der Waals surface area contributed by atoms with Gasteiger partial charge in [0.25, 0.3) is 5.91 Å². The van der Waals surface area contributed by atoms with E-state index in [4.69, 9.17) is 5.73 Å². The zero-order valence-electron chi connectivity index (χ0n) is 19.2. The Morgan fingerprint density at radius 2 is 1.71 bits per heavy atom. The van der Waals surface area contributed by atoms with Gasteiger partial charge in [-0.25, -0.2) is 0 Å². The Bertz CT molecular complexity index is 1210. The summed E-state index contributed by atoms with van der Waals surface area (Å²) in [5.74, 6) is -3.95. The number of primary amides is 1. The van der Waals surface area contributed by atoms with Crippen LogP contribution in [-0.4, -0.2) is 70.2 Å². The Kier molecular flexibility index (Phi) is 5.12. The maximum Gasteiger partial charge on any atom is 0.256 e. The average molecular weight is 468 g/mol. The van der Waals surface area contributed by atoms with Crippen molar-refractivity contribution in [2.24, 2.45) is 17.6 Å². The highest BCUT2D eigenvalue weighted by atomic mass is 16.3. The van der Waals surface area contributed by atoms with Gasteiger partial charge >= 0.3 is 0 Å². The van der Waals surface area contributed by atoms with E-state index in [-0.39, 0.29) is 39.9 Å². The van der Waals surface area contributed by atoms with Gasteiger partial charge < -0.3 is 31.1 Å². The summed E-state index contributed by atoms with van der Waals surface area (Å²) in [5, 5.41) is 44.1. The normalized spacial score (nSPS) is 26.7. The number of nitrogens with two attached hydrogens (primary N) is 1. The Hall–Kier alpha value is -3.46. The predicted molar refractivity (Wildman–Crippen MR) is 125 cm³/mol. The van der Waals surface area contributed by atoms with E-state index in [1.807, 2.05) is 6.07 Å². The molecule has 5 rings (SSSR count). The van der Waals surface area contributed by atoms with Gasteiger partial charge in [-0.1, -0.05) is 0 Å². The molecule has 3 unspecified atom stereocenters. The standard InChI is InChI=1S/C25H29N3O6/c1-27(2)20-13-10-11-9-12-14(28-7-3-4-8-28)5-6-15(29)17(12)21(30)16(11)22(31)18(13)23(32)19(24(20)33)25(26)34/h5-6,11,13,20,29-32H,3-4,7-10H2,1-2H3,(H2,26,34). The first-order valence-electron chi connectivity index (χ1n) is 11.5. The maximum absolute atomic E-state index is 13.1. The highest BCUT2D eigenvalue weighted by Crippen LogP contribution is 2.53. The number of hydrogen-bond donors (Lipinski definition) is 5. The lowest BCUT2D eigenvalue weighted by atomic mass is 9.64. The van der Waals surface area contributed by atoms with Crippen LogP contribution >= 0.6 is 0 Å². The second-order valence-corrected chi connectivity index (χ2v) is 9.78. The van der Waals surface area contributed by atoms with Crippen LogP contribution in [0.2, 0.25) is 0 Å². The van der Waals surface area contributed by atoms with Crippen LogP contribution in [0.5, 0.6) is 5.75 Å². The molecule has 9 heteroatoms. The van der Waals surface area contributed by atoms with Gasteiger partial charge in [0.2, 0.25) is 0 Å². The van der Waals surface area contributed by atoms with E-state index >= 15 is 0 Å². The van der Waals surface area contributed by atoms with Crippen molar-refractivity contribution in [3.63, 3.8) is 0 Å². The number of aliphatic hydroxyl groups excluding tert-OH is 3. The van der Waals surface area contributed by atoms with Gasteiger partial charge in [0, 0.05) is 35.8 Å². The van der Waals surface area contributed by atoms with Gasteiger partial charge in [-0.2, -0.15) is 0 Å². The van der Waals surface area contributed by atoms with Gasteiger partial charge in [-0.15, -0.1) is 0 Å². The van der Waals surface area contributed by atoms with Crippen LogP contribution in [0.1, 0.15) is 30.4 Å². The summed E-state index contributed by atoms with van der Waals surface area (Å²) < 4.78 is 0. The molecule has 34 heavy (non-hydrogen) atoms. The van der Waals surface area contributed by atoms with Crippen LogP contribution in [0, 0.1) is 11.8 Å². The monoisotopic (exact) mass is 467 g/mol. The number of carbonyl (C=O) groups excluding carboxylic acids is 2. The van der Waals surface area contributed by atoms with E-state index < -0.39 is 35.0 Å². The average Bonchev–Trinajstić information content (AvgIpc) is 3.27. The third-order valence-corrected chi connectivity index (χ3v) is 7.67. The molecule has 1 amide bonds. The molecule has 0 bridgehead atoms. The van der Waals surface area contributed by atoms with E-state index in [9.17, 15) is 30.0 Å². The van der Waals surface area contributed by atoms with Crippen molar-refractivity contribution < 1.29 is 30.0 Å². The Labute approximate surface area is 197 Å². The molecule has 0 saturated carbocycles. The van der Waals surface area contributed by atoms with Gasteiger partial charge in [0.05, 0.1) is 11.6 Å². The number of aromatic hydroxyl groups is 1. The van der Waals surface area contributed by atoms with Crippen molar-refractivity contribution in [3.05, 3.63) is 51.5 Å². The molecule has 0 spiro atoms. The lowest BCUT2D eigenvalue weighted by Crippen LogP contribution is -2.51. The van der Waals surface area contributed by atoms with Crippen molar-refractivity contribution in [2.45, 2.75) is 31.7 Å². The number of benzene rings is 1. The summed E-state index contributed by atoms with van der Waals surface area (Å²) in [7, 11) is 3.39. The third kappa shape index (κ3) is 3.03. The summed E-state index contributed by atoms with van der Waals surface area (Å²) in [6.45, 7) is 1.78. The van der Waals surface area contributed by atoms with Crippen molar-refractivity contribution in [2.75, 3.05) is 32.1 Å². The second kappa shape index (κ2) is 7.80. The van der Waals surface area contributed by atoms with Crippen LogP contribution in [-0.2, 0) is 16.0 Å². The predicted octanol–water partition coefficient (Wildman–Crippen LogP) is 2.08. The molecule has 0 radical (unpaired) electrons. The summed E-state index contributed by atoms with van der Waals surface area (Å²) in [4.78, 5) is 29.0. The topological polar surface area (TPSA) is 148 Å².